The zero-order chi connectivity index (χ0) is 10.4. The third-order valence-electron chi connectivity index (χ3n) is 3.55. The molecule has 1 aliphatic heterocycles. The molecule has 0 amide bonds. The van der Waals surface area contributed by atoms with Crippen LogP contribution in [0.3, 0.4) is 0 Å². The first-order valence-corrected chi connectivity index (χ1v) is 6.05. The molecule has 1 saturated heterocycles. The van der Waals surface area contributed by atoms with Gasteiger partial charge >= 0.3 is 0 Å². The normalized spacial score (nSPS) is 26.4. The fourth-order valence-electron chi connectivity index (χ4n) is 2.06. The fraction of sp³-hybridized carbons (Fsp3) is 1.00. The second kappa shape index (κ2) is 6.41. The maximum atomic E-state index is 5.64. The van der Waals surface area contributed by atoms with Gasteiger partial charge in [0.25, 0.3) is 0 Å². The highest BCUT2D eigenvalue weighted by molar-refractivity contribution is 4.67. The molecule has 2 N–H and O–H groups in total. The SMILES string of the molecule is CC(CN)C(C)CCCC1CCCO1. The maximum Gasteiger partial charge on any atom is 0.0576 e. The molecule has 0 radical (unpaired) electrons. The van der Waals surface area contributed by atoms with Crippen LogP contribution in [0.2, 0.25) is 0 Å². The van der Waals surface area contributed by atoms with Crippen LogP contribution in [0.15, 0.2) is 0 Å². The summed E-state index contributed by atoms with van der Waals surface area (Å²) in [6.45, 7) is 6.37. The van der Waals surface area contributed by atoms with E-state index in [0.717, 1.165) is 19.1 Å². The van der Waals surface area contributed by atoms with Crippen molar-refractivity contribution in [1.29, 1.82) is 0 Å². The van der Waals surface area contributed by atoms with E-state index in [1.54, 1.807) is 0 Å². The summed E-state index contributed by atoms with van der Waals surface area (Å²) in [7, 11) is 0. The van der Waals surface area contributed by atoms with Crippen molar-refractivity contribution in [3.8, 4) is 0 Å². The quantitative estimate of drug-likeness (QED) is 0.713. The molecule has 0 aromatic heterocycles. The summed E-state index contributed by atoms with van der Waals surface area (Å²) in [5, 5.41) is 0. The Morgan fingerprint density at radius 2 is 2.14 bits per heavy atom. The minimum absolute atomic E-state index is 0.565. The van der Waals surface area contributed by atoms with Gasteiger partial charge in [0.1, 0.15) is 0 Å². The molecule has 3 unspecified atom stereocenters. The van der Waals surface area contributed by atoms with Crippen molar-refractivity contribution in [3.63, 3.8) is 0 Å². The lowest BCUT2D eigenvalue weighted by molar-refractivity contribution is 0.100. The molecule has 2 heteroatoms. The predicted octanol–water partition coefficient (Wildman–Crippen LogP) is 2.57. The van der Waals surface area contributed by atoms with Gasteiger partial charge < -0.3 is 10.5 Å². The van der Waals surface area contributed by atoms with Gasteiger partial charge in [0.05, 0.1) is 6.10 Å². The summed E-state index contributed by atoms with van der Waals surface area (Å²) in [6, 6.07) is 0. The van der Waals surface area contributed by atoms with Crippen molar-refractivity contribution < 1.29 is 4.74 Å². The molecule has 0 saturated carbocycles. The molecular weight excluding hydrogens is 174 g/mol. The third-order valence-corrected chi connectivity index (χ3v) is 3.55. The Labute approximate surface area is 88.2 Å². The molecule has 1 rings (SSSR count). The lowest BCUT2D eigenvalue weighted by Gasteiger charge is -2.18. The number of ether oxygens (including phenoxy) is 1. The van der Waals surface area contributed by atoms with Crippen LogP contribution in [0.5, 0.6) is 0 Å². The van der Waals surface area contributed by atoms with Crippen molar-refractivity contribution in [2.24, 2.45) is 17.6 Å². The predicted molar refractivity (Wildman–Crippen MR) is 60.2 cm³/mol. The Bertz CT molecular complexity index is 143. The zero-order valence-electron chi connectivity index (χ0n) is 9.67. The topological polar surface area (TPSA) is 35.2 Å². The Kier molecular flexibility index (Phi) is 5.49. The second-order valence-corrected chi connectivity index (χ2v) is 4.76. The van der Waals surface area contributed by atoms with Gasteiger partial charge in [-0.25, -0.2) is 0 Å². The fourth-order valence-corrected chi connectivity index (χ4v) is 2.06. The molecule has 3 atom stereocenters. The highest BCUT2D eigenvalue weighted by Crippen LogP contribution is 2.21. The van der Waals surface area contributed by atoms with Gasteiger partial charge in [-0.05, 0) is 37.6 Å². The highest BCUT2D eigenvalue weighted by atomic mass is 16.5. The second-order valence-electron chi connectivity index (χ2n) is 4.76. The smallest absolute Gasteiger partial charge is 0.0576 e. The number of hydrogen-bond donors (Lipinski definition) is 1. The molecule has 14 heavy (non-hydrogen) atoms. The minimum Gasteiger partial charge on any atom is -0.378 e. The van der Waals surface area contributed by atoms with Crippen molar-refractivity contribution in [2.45, 2.75) is 52.1 Å². The molecule has 84 valence electrons. The summed E-state index contributed by atoms with van der Waals surface area (Å²) in [4.78, 5) is 0. The van der Waals surface area contributed by atoms with E-state index in [2.05, 4.69) is 13.8 Å². The van der Waals surface area contributed by atoms with Crippen molar-refractivity contribution in [2.75, 3.05) is 13.2 Å². The van der Waals surface area contributed by atoms with Gasteiger partial charge in [0.15, 0.2) is 0 Å². The van der Waals surface area contributed by atoms with E-state index in [1.165, 1.54) is 32.1 Å². The molecule has 2 nitrogen and oxygen atoms in total. The average Bonchev–Trinajstić information content (AvgIpc) is 2.69. The Morgan fingerprint density at radius 3 is 2.71 bits per heavy atom. The van der Waals surface area contributed by atoms with Gasteiger partial charge in [-0.1, -0.05) is 26.7 Å². The zero-order valence-corrected chi connectivity index (χ0v) is 9.67. The third kappa shape index (κ3) is 3.97. The van der Waals surface area contributed by atoms with Gasteiger partial charge in [0, 0.05) is 6.61 Å². The molecule has 0 bridgehead atoms. The molecule has 0 aromatic rings. The van der Waals surface area contributed by atoms with Crippen LogP contribution < -0.4 is 5.73 Å². The van der Waals surface area contributed by atoms with E-state index >= 15 is 0 Å². The van der Waals surface area contributed by atoms with E-state index in [0.29, 0.717) is 12.0 Å². The van der Waals surface area contributed by atoms with Crippen LogP contribution in [0, 0.1) is 11.8 Å². The Balaban J connectivity index is 2.02. The average molecular weight is 199 g/mol. The van der Waals surface area contributed by atoms with Crippen LogP contribution in [0.1, 0.15) is 46.0 Å². The first-order chi connectivity index (χ1) is 6.74. The molecule has 0 aliphatic carbocycles. The summed E-state index contributed by atoms with van der Waals surface area (Å²) >= 11 is 0. The van der Waals surface area contributed by atoms with Crippen LogP contribution in [0.4, 0.5) is 0 Å². The number of hydrogen-bond acceptors (Lipinski definition) is 2. The molecule has 1 aliphatic rings. The monoisotopic (exact) mass is 199 g/mol. The molecule has 0 aromatic carbocycles. The van der Waals surface area contributed by atoms with Crippen molar-refractivity contribution in [1.82, 2.24) is 0 Å². The van der Waals surface area contributed by atoms with Gasteiger partial charge in [-0.2, -0.15) is 0 Å². The first-order valence-electron chi connectivity index (χ1n) is 6.05. The van der Waals surface area contributed by atoms with Crippen molar-refractivity contribution in [3.05, 3.63) is 0 Å². The van der Waals surface area contributed by atoms with E-state index < -0.39 is 0 Å². The Hall–Kier alpha value is -0.0800. The van der Waals surface area contributed by atoms with Gasteiger partial charge in [0.2, 0.25) is 0 Å². The standard InChI is InChI=1S/C12H25NO/c1-10(11(2)9-13)5-3-6-12-7-4-8-14-12/h10-12H,3-9,13H2,1-2H3. The van der Waals surface area contributed by atoms with E-state index in [1.807, 2.05) is 0 Å². The lowest BCUT2D eigenvalue weighted by Crippen LogP contribution is -2.18. The van der Waals surface area contributed by atoms with Gasteiger partial charge in [-0.15, -0.1) is 0 Å². The maximum absolute atomic E-state index is 5.64. The van der Waals surface area contributed by atoms with Crippen LogP contribution in [0.25, 0.3) is 0 Å². The van der Waals surface area contributed by atoms with Crippen molar-refractivity contribution >= 4 is 0 Å². The first kappa shape index (κ1) is 12.0. The molecule has 1 fully saturated rings. The molecule has 0 spiro atoms. The lowest BCUT2D eigenvalue weighted by atomic mass is 9.90. The van der Waals surface area contributed by atoms with Crippen LogP contribution in [-0.2, 0) is 4.74 Å². The minimum atomic E-state index is 0.565. The van der Waals surface area contributed by atoms with E-state index in [4.69, 9.17) is 10.5 Å². The van der Waals surface area contributed by atoms with Crippen LogP contribution >= 0.6 is 0 Å². The number of rotatable bonds is 6. The van der Waals surface area contributed by atoms with Gasteiger partial charge in [-0.3, -0.25) is 0 Å². The van der Waals surface area contributed by atoms with Crippen LogP contribution in [-0.4, -0.2) is 19.3 Å². The summed E-state index contributed by atoms with van der Waals surface area (Å²) in [5.74, 6) is 1.43. The summed E-state index contributed by atoms with van der Waals surface area (Å²) in [5.41, 5.74) is 5.64. The molecule has 1 heterocycles. The van der Waals surface area contributed by atoms with E-state index in [-0.39, 0.29) is 0 Å². The Morgan fingerprint density at radius 1 is 1.36 bits per heavy atom. The highest BCUT2D eigenvalue weighted by Gasteiger charge is 2.16. The largest absolute Gasteiger partial charge is 0.378 e. The molecular formula is C12H25NO. The summed E-state index contributed by atoms with van der Waals surface area (Å²) < 4.78 is 5.60. The summed E-state index contributed by atoms with van der Waals surface area (Å²) in [6.07, 6.45) is 6.96. The number of nitrogens with two attached hydrogens (primary N) is 1. The van der Waals surface area contributed by atoms with E-state index in [9.17, 15) is 0 Å².